The summed E-state index contributed by atoms with van der Waals surface area (Å²) in [7, 11) is 1.51. The third-order valence-corrected chi connectivity index (χ3v) is 4.60. The highest BCUT2D eigenvalue weighted by molar-refractivity contribution is 5.92. The average Bonchev–Trinajstić information content (AvgIpc) is 3.14. The van der Waals surface area contributed by atoms with Gasteiger partial charge < -0.3 is 24.7 Å². The van der Waals surface area contributed by atoms with Gasteiger partial charge in [-0.05, 0) is 42.8 Å². The van der Waals surface area contributed by atoms with E-state index in [1.807, 2.05) is 30.2 Å². The number of nitrogens with two attached hydrogens (primary N) is 1. The van der Waals surface area contributed by atoms with E-state index in [9.17, 15) is 9.59 Å². The number of methoxy groups -OCH3 is 1. The summed E-state index contributed by atoms with van der Waals surface area (Å²) in [5.74, 6) is 0.289. The largest absolute Gasteiger partial charge is 0.493 e. The zero-order chi connectivity index (χ0) is 19.4. The van der Waals surface area contributed by atoms with Gasteiger partial charge in [-0.25, -0.2) is 0 Å². The predicted molar refractivity (Wildman–Crippen MR) is 101 cm³/mol. The minimum Gasteiger partial charge on any atom is -0.493 e. The molecule has 0 radical (unpaired) electrons. The number of fused-ring (bicyclic) bond motifs is 1. The first-order valence-corrected chi connectivity index (χ1v) is 8.72. The standard InChI is InChI=1S/C20H23N3O4/c1-14-16-4-3-9-22(16)10-11-23(14)20(25)8-6-15-5-7-17(18(12-15)26-2)27-13-19(21)24/h3-9,12,14H,10-11,13H2,1-2H3,(H2,21,24)/b8-6+. The summed E-state index contributed by atoms with van der Waals surface area (Å²) in [5.41, 5.74) is 7.02. The second-order valence-electron chi connectivity index (χ2n) is 6.33. The van der Waals surface area contributed by atoms with Crippen molar-refractivity contribution in [2.45, 2.75) is 19.5 Å². The van der Waals surface area contributed by atoms with E-state index in [4.69, 9.17) is 15.2 Å². The number of rotatable bonds is 6. The van der Waals surface area contributed by atoms with Crippen molar-refractivity contribution < 1.29 is 19.1 Å². The molecule has 0 spiro atoms. The number of carbonyl (C=O) groups is 2. The zero-order valence-electron chi connectivity index (χ0n) is 15.4. The Kier molecular flexibility index (Phi) is 5.49. The Hall–Kier alpha value is -3.22. The highest BCUT2D eigenvalue weighted by Gasteiger charge is 2.25. The zero-order valence-corrected chi connectivity index (χ0v) is 15.4. The minimum atomic E-state index is -0.562. The number of amides is 2. The van der Waals surface area contributed by atoms with E-state index >= 15 is 0 Å². The van der Waals surface area contributed by atoms with Crippen molar-refractivity contribution in [2.75, 3.05) is 20.3 Å². The molecule has 0 aliphatic carbocycles. The van der Waals surface area contributed by atoms with Crippen LogP contribution in [0.3, 0.4) is 0 Å². The van der Waals surface area contributed by atoms with E-state index in [1.54, 1.807) is 30.4 Å². The Bertz CT molecular complexity index is 872. The molecule has 0 saturated carbocycles. The summed E-state index contributed by atoms with van der Waals surface area (Å²) < 4.78 is 12.8. The number of hydrogen-bond acceptors (Lipinski definition) is 4. The van der Waals surface area contributed by atoms with Crippen LogP contribution in [0.15, 0.2) is 42.6 Å². The van der Waals surface area contributed by atoms with Crippen molar-refractivity contribution in [3.8, 4) is 11.5 Å². The van der Waals surface area contributed by atoms with Gasteiger partial charge in [0.15, 0.2) is 18.1 Å². The summed E-state index contributed by atoms with van der Waals surface area (Å²) >= 11 is 0. The Balaban J connectivity index is 1.70. The number of carbonyl (C=O) groups excluding carboxylic acids is 2. The van der Waals surface area contributed by atoms with Crippen LogP contribution < -0.4 is 15.2 Å². The highest BCUT2D eigenvalue weighted by Crippen LogP contribution is 2.29. The molecule has 142 valence electrons. The number of hydrogen-bond donors (Lipinski definition) is 1. The molecular weight excluding hydrogens is 346 g/mol. The fourth-order valence-corrected chi connectivity index (χ4v) is 3.20. The van der Waals surface area contributed by atoms with Crippen molar-refractivity contribution >= 4 is 17.9 Å². The van der Waals surface area contributed by atoms with Gasteiger partial charge in [-0.2, -0.15) is 0 Å². The van der Waals surface area contributed by atoms with Gasteiger partial charge in [0.05, 0.1) is 13.2 Å². The van der Waals surface area contributed by atoms with Crippen LogP contribution in [0.5, 0.6) is 11.5 Å². The lowest BCUT2D eigenvalue weighted by molar-refractivity contribution is -0.129. The van der Waals surface area contributed by atoms with Gasteiger partial charge in [-0.1, -0.05) is 6.07 Å². The number of nitrogens with zero attached hydrogens (tertiary/aromatic N) is 2. The van der Waals surface area contributed by atoms with E-state index in [0.717, 1.165) is 17.8 Å². The SMILES string of the molecule is COc1cc(/C=C/C(=O)N2CCn3cccc3C2C)ccc1OCC(N)=O. The number of primary amides is 1. The topological polar surface area (TPSA) is 86.8 Å². The van der Waals surface area contributed by atoms with E-state index in [-0.39, 0.29) is 18.6 Å². The fourth-order valence-electron chi connectivity index (χ4n) is 3.20. The molecule has 0 bridgehead atoms. The van der Waals surface area contributed by atoms with Gasteiger partial charge in [-0.15, -0.1) is 0 Å². The van der Waals surface area contributed by atoms with Crippen molar-refractivity contribution in [2.24, 2.45) is 5.73 Å². The molecule has 3 rings (SSSR count). The maximum Gasteiger partial charge on any atom is 0.255 e. The summed E-state index contributed by atoms with van der Waals surface area (Å²) in [6, 6.07) is 9.29. The molecule has 1 aromatic heterocycles. The van der Waals surface area contributed by atoms with Crippen LogP contribution in [0.25, 0.3) is 6.08 Å². The maximum absolute atomic E-state index is 12.6. The molecule has 2 heterocycles. The number of benzene rings is 1. The summed E-state index contributed by atoms with van der Waals surface area (Å²) in [5, 5.41) is 0. The second-order valence-corrected chi connectivity index (χ2v) is 6.33. The van der Waals surface area contributed by atoms with E-state index in [1.165, 1.54) is 7.11 Å². The average molecular weight is 369 g/mol. The first-order chi connectivity index (χ1) is 13.0. The lowest BCUT2D eigenvalue weighted by Gasteiger charge is -2.34. The van der Waals surface area contributed by atoms with Gasteiger partial charge in [-0.3, -0.25) is 9.59 Å². The molecule has 7 nitrogen and oxygen atoms in total. The van der Waals surface area contributed by atoms with Gasteiger partial charge in [0.2, 0.25) is 5.91 Å². The summed E-state index contributed by atoms with van der Waals surface area (Å²) in [6.45, 7) is 3.28. The van der Waals surface area contributed by atoms with Crippen LogP contribution in [-0.2, 0) is 16.1 Å². The van der Waals surface area contributed by atoms with Crippen LogP contribution in [0, 0.1) is 0 Å². The second kappa shape index (κ2) is 7.99. The Labute approximate surface area is 158 Å². The Morgan fingerprint density at radius 1 is 1.26 bits per heavy atom. The van der Waals surface area contributed by atoms with Crippen LogP contribution >= 0.6 is 0 Å². The Morgan fingerprint density at radius 3 is 2.81 bits per heavy atom. The minimum absolute atomic E-state index is 0.0324. The number of ether oxygens (including phenoxy) is 2. The van der Waals surface area contributed by atoms with Crippen LogP contribution in [-0.4, -0.2) is 41.5 Å². The third kappa shape index (κ3) is 4.13. The molecule has 1 aliphatic heterocycles. The highest BCUT2D eigenvalue weighted by atomic mass is 16.5. The molecule has 2 aromatic rings. The third-order valence-electron chi connectivity index (χ3n) is 4.60. The first-order valence-electron chi connectivity index (χ1n) is 8.72. The molecule has 1 atom stereocenters. The molecule has 2 amide bonds. The molecule has 0 saturated heterocycles. The van der Waals surface area contributed by atoms with E-state index in [2.05, 4.69) is 4.57 Å². The van der Waals surface area contributed by atoms with E-state index in [0.29, 0.717) is 18.0 Å². The smallest absolute Gasteiger partial charge is 0.255 e. The molecule has 0 fully saturated rings. The van der Waals surface area contributed by atoms with Crippen molar-refractivity contribution in [1.82, 2.24) is 9.47 Å². The summed E-state index contributed by atoms with van der Waals surface area (Å²) in [6.07, 6.45) is 5.34. The lowest BCUT2D eigenvalue weighted by Crippen LogP contribution is -2.39. The molecule has 1 aromatic carbocycles. The molecular formula is C20H23N3O4. The molecule has 1 aliphatic rings. The van der Waals surface area contributed by atoms with Crippen LogP contribution in [0.2, 0.25) is 0 Å². The lowest BCUT2D eigenvalue weighted by atomic mass is 10.1. The molecule has 27 heavy (non-hydrogen) atoms. The van der Waals surface area contributed by atoms with E-state index < -0.39 is 5.91 Å². The fraction of sp³-hybridized carbons (Fsp3) is 0.300. The van der Waals surface area contributed by atoms with Gasteiger partial charge >= 0.3 is 0 Å². The maximum atomic E-state index is 12.6. The molecule has 7 heteroatoms. The van der Waals surface area contributed by atoms with Crippen molar-refractivity contribution in [3.63, 3.8) is 0 Å². The van der Waals surface area contributed by atoms with Crippen molar-refractivity contribution in [3.05, 3.63) is 53.9 Å². The Morgan fingerprint density at radius 2 is 2.07 bits per heavy atom. The normalized spacial score (nSPS) is 16.2. The molecule has 1 unspecified atom stereocenters. The monoisotopic (exact) mass is 369 g/mol. The first kappa shape index (κ1) is 18.6. The van der Waals surface area contributed by atoms with Crippen LogP contribution in [0.1, 0.15) is 24.2 Å². The van der Waals surface area contributed by atoms with Gasteiger partial charge in [0.25, 0.3) is 5.91 Å². The number of aromatic nitrogens is 1. The van der Waals surface area contributed by atoms with Crippen molar-refractivity contribution in [1.29, 1.82) is 0 Å². The quantitative estimate of drug-likeness (QED) is 0.789. The predicted octanol–water partition coefficient (Wildman–Crippen LogP) is 1.98. The van der Waals surface area contributed by atoms with Crippen LogP contribution in [0.4, 0.5) is 0 Å². The summed E-state index contributed by atoms with van der Waals surface area (Å²) in [4.78, 5) is 25.3. The van der Waals surface area contributed by atoms with Gasteiger partial charge in [0.1, 0.15) is 0 Å². The van der Waals surface area contributed by atoms with Gasteiger partial charge in [0, 0.05) is 31.1 Å². The molecule has 2 N–H and O–H groups in total.